The van der Waals surface area contributed by atoms with E-state index in [1.807, 2.05) is 28.8 Å². The molecule has 3 heterocycles. The number of fused-ring (bicyclic) bond motifs is 3. The van der Waals surface area contributed by atoms with Gasteiger partial charge < -0.3 is 14.6 Å². The van der Waals surface area contributed by atoms with E-state index in [0.29, 0.717) is 29.9 Å². The molecule has 0 unspecified atom stereocenters. The molecule has 2 aromatic heterocycles. The maximum Gasteiger partial charge on any atom is 0.257 e. The van der Waals surface area contributed by atoms with Gasteiger partial charge in [-0.2, -0.15) is 5.26 Å². The maximum atomic E-state index is 12.7. The summed E-state index contributed by atoms with van der Waals surface area (Å²) in [5.74, 6) is 0. The molecule has 27 heavy (non-hydrogen) atoms. The molecule has 4 rings (SSSR count). The summed E-state index contributed by atoms with van der Waals surface area (Å²) >= 11 is 0. The van der Waals surface area contributed by atoms with E-state index in [1.165, 1.54) is 25.3 Å². The largest absolute Gasteiger partial charge is 0.390 e. The molecule has 140 valence electrons. The van der Waals surface area contributed by atoms with Crippen LogP contribution in [0.5, 0.6) is 0 Å². The molecule has 1 saturated heterocycles. The third-order valence-electron chi connectivity index (χ3n) is 5.48. The highest BCUT2D eigenvalue weighted by Crippen LogP contribution is 2.24. The lowest BCUT2D eigenvalue weighted by Crippen LogP contribution is -2.38. The number of β-amino-alcohol motifs (C(OH)–C–C–N with tert-alkyl or cyclic N) is 1. The minimum absolute atomic E-state index is 0.151. The summed E-state index contributed by atoms with van der Waals surface area (Å²) in [5, 5.41) is 20.5. The highest BCUT2D eigenvalue weighted by Gasteiger charge is 2.21. The molecule has 0 aliphatic carbocycles. The molecule has 6 nitrogen and oxygen atoms in total. The second kappa shape index (κ2) is 7.18. The van der Waals surface area contributed by atoms with Crippen molar-refractivity contribution in [2.75, 3.05) is 19.6 Å². The summed E-state index contributed by atoms with van der Waals surface area (Å²) in [7, 11) is 0. The summed E-state index contributed by atoms with van der Waals surface area (Å²) in [4.78, 5) is 15.0. The Morgan fingerprint density at radius 2 is 1.85 bits per heavy atom. The number of imidazole rings is 1. The van der Waals surface area contributed by atoms with Crippen LogP contribution in [0.25, 0.3) is 16.7 Å². The molecule has 0 amide bonds. The van der Waals surface area contributed by atoms with Gasteiger partial charge >= 0.3 is 0 Å². The number of para-hydroxylation sites is 2. The Kier molecular flexibility index (Phi) is 4.73. The van der Waals surface area contributed by atoms with E-state index in [-0.39, 0.29) is 5.56 Å². The number of nitriles is 1. The first-order valence-electron chi connectivity index (χ1n) is 9.54. The number of piperidine rings is 1. The molecule has 0 spiro atoms. The zero-order valence-corrected chi connectivity index (χ0v) is 15.6. The number of likely N-dealkylation sites (tertiary alicyclic amines) is 1. The van der Waals surface area contributed by atoms with E-state index in [0.717, 1.165) is 24.1 Å². The number of aliphatic hydroxyl groups excluding tert-OH is 1. The minimum atomic E-state index is -0.565. The SMILES string of the molecule is Cc1cc(=O)n2c3ccccc3n(C[C@H](O)CN3CCCCC3)c2c1C#N. The number of aromatic nitrogens is 2. The topological polar surface area (TPSA) is 73.7 Å². The number of hydrogen-bond acceptors (Lipinski definition) is 4. The fraction of sp³-hybridized carbons (Fsp3) is 0.429. The average molecular weight is 364 g/mol. The van der Waals surface area contributed by atoms with Gasteiger partial charge in [-0.1, -0.05) is 18.6 Å². The van der Waals surface area contributed by atoms with Crippen molar-refractivity contribution in [3.05, 3.63) is 51.8 Å². The van der Waals surface area contributed by atoms with E-state index in [2.05, 4.69) is 11.0 Å². The fourth-order valence-electron chi connectivity index (χ4n) is 4.23. The normalized spacial score (nSPS) is 16.6. The molecule has 0 saturated carbocycles. The predicted octanol–water partition coefficient (Wildman–Crippen LogP) is 2.28. The van der Waals surface area contributed by atoms with Crippen LogP contribution in [0, 0.1) is 18.3 Å². The molecule has 0 bridgehead atoms. The van der Waals surface area contributed by atoms with Crippen LogP contribution in [-0.2, 0) is 6.54 Å². The van der Waals surface area contributed by atoms with E-state index in [1.54, 1.807) is 11.3 Å². The molecule has 1 atom stereocenters. The van der Waals surface area contributed by atoms with Crippen molar-refractivity contribution in [2.45, 2.75) is 38.8 Å². The number of hydrogen-bond donors (Lipinski definition) is 1. The first kappa shape index (κ1) is 17.8. The Morgan fingerprint density at radius 1 is 1.15 bits per heavy atom. The Morgan fingerprint density at radius 3 is 2.56 bits per heavy atom. The van der Waals surface area contributed by atoms with Crippen LogP contribution in [-0.4, -0.2) is 44.7 Å². The zero-order chi connectivity index (χ0) is 19.0. The van der Waals surface area contributed by atoms with Gasteiger partial charge in [0.25, 0.3) is 5.56 Å². The van der Waals surface area contributed by atoms with Gasteiger partial charge in [0, 0.05) is 12.6 Å². The van der Waals surface area contributed by atoms with Crippen molar-refractivity contribution in [2.24, 2.45) is 0 Å². The van der Waals surface area contributed by atoms with Crippen molar-refractivity contribution >= 4 is 16.7 Å². The average Bonchev–Trinajstić information content (AvgIpc) is 2.98. The molecular formula is C21H24N4O2. The summed E-state index contributed by atoms with van der Waals surface area (Å²) < 4.78 is 3.52. The Bertz CT molecular complexity index is 1080. The molecule has 1 N–H and O–H groups in total. The number of aliphatic hydroxyl groups is 1. The molecule has 1 fully saturated rings. The fourth-order valence-corrected chi connectivity index (χ4v) is 4.23. The third-order valence-corrected chi connectivity index (χ3v) is 5.48. The number of benzene rings is 1. The lowest BCUT2D eigenvalue weighted by atomic mass is 10.1. The minimum Gasteiger partial charge on any atom is -0.390 e. The maximum absolute atomic E-state index is 12.7. The van der Waals surface area contributed by atoms with Crippen LogP contribution in [0.3, 0.4) is 0 Å². The number of aryl methyl sites for hydroxylation is 1. The predicted molar refractivity (Wildman–Crippen MR) is 105 cm³/mol. The number of nitrogens with zero attached hydrogens (tertiary/aromatic N) is 4. The van der Waals surface area contributed by atoms with Gasteiger partial charge in [-0.15, -0.1) is 0 Å². The van der Waals surface area contributed by atoms with Gasteiger partial charge in [0.05, 0.1) is 29.2 Å². The Balaban J connectivity index is 1.83. The second-order valence-electron chi connectivity index (χ2n) is 7.43. The van der Waals surface area contributed by atoms with Crippen molar-refractivity contribution in [1.82, 2.24) is 13.9 Å². The highest BCUT2D eigenvalue weighted by molar-refractivity contribution is 5.84. The van der Waals surface area contributed by atoms with Gasteiger partial charge in [-0.05, 0) is 50.6 Å². The lowest BCUT2D eigenvalue weighted by Gasteiger charge is -2.28. The van der Waals surface area contributed by atoms with Crippen molar-refractivity contribution in [1.29, 1.82) is 5.26 Å². The number of pyridine rings is 1. The smallest absolute Gasteiger partial charge is 0.257 e. The molecular weight excluding hydrogens is 340 g/mol. The van der Waals surface area contributed by atoms with Crippen LogP contribution >= 0.6 is 0 Å². The van der Waals surface area contributed by atoms with Crippen LogP contribution in [0.1, 0.15) is 30.4 Å². The second-order valence-corrected chi connectivity index (χ2v) is 7.43. The molecule has 6 heteroatoms. The van der Waals surface area contributed by atoms with Crippen LogP contribution in [0.2, 0.25) is 0 Å². The Labute approximate surface area is 157 Å². The Hall–Kier alpha value is -2.62. The van der Waals surface area contributed by atoms with E-state index < -0.39 is 6.10 Å². The highest BCUT2D eigenvalue weighted by atomic mass is 16.3. The molecule has 0 radical (unpaired) electrons. The van der Waals surface area contributed by atoms with E-state index >= 15 is 0 Å². The summed E-state index contributed by atoms with van der Waals surface area (Å²) in [6.45, 7) is 4.78. The third kappa shape index (κ3) is 3.14. The summed E-state index contributed by atoms with van der Waals surface area (Å²) in [6.07, 6.45) is 3.04. The van der Waals surface area contributed by atoms with Gasteiger partial charge in [0.1, 0.15) is 11.7 Å². The van der Waals surface area contributed by atoms with Gasteiger partial charge in [0.2, 0.25) is 0 Å². The lowest BCUT2D eigenvalue weighted by molar-refractivity contribution is 0.0899. The standard InChI is InChI=1S/C21H24N4O2/c1-15-11-20(27)25-19-8-4-3-7-18(19)24(21(25)17(15)12-22)14-16(26)13-23-9-5-2-6-10-23/h3-4,7-8,11,16,26H,2,5-6,9-10,13-14H2,1H3/t16-/m1/s1. The zero-order valence-electron chi connectivity index (χ0n) is 15.6. The molecule has 1 aromatic carbocycles. The first-order valence-corrected chi connectivity index (χ1v) is 9.54. The van der Waals surface area contributed by atoms with E-state index in [9.17, 15) is 15.2 Å². The van der Waals surface area contributed by atoms with Crippen molar-refractivity contribution < 1.29 is 5.11 Å². The van der Waals surface area contributed by atoms with Gasteiger partial charge in [-0.3, -0.25) is 9.20 Å². The van der Waals surface area contributed by atoms with Gasteiger partial charge in [-0.25, -0.2) is 0 Å². The number of rotatable bonds is 4. The summed E-state index contributed by atoms with van der Waals surface area (Å²) in [6, 6.07) is 11.4. The van der Waals surface area contributed by atoms with Crippen molar-refractivity contribution in [3.63, 3.8) is 0 Å². The molecule has 3 aromatic rings. The van der Waals surface area contributed by atoms with E-state index in [4.69, 9.17) is 0 Å². The van der Waals surface area contributed by atoms with Gasteiger partial charge in [0.15, 0.2) is 0 Å². The monoisotopic (exact) mass is 364 g/mol. The van der Waals surface area contributed by atoms with Crippen molar-refractivity contribution in [3.8, 4) is 6.07 Å². The summed E-state index contributed by atoms with van der Waals surface area (Å²) in [5.41, 5.74) is 3.19. The molecule has 1 aliphatic heterocycles. The molecule has 1 aliphatic rings. The van der Waals surface area contributed by atoms with Crippen LogP contribution < -0.4 is 5.56 Å². The van der Waals surface area contributed by atoms with Crippen LogP contribution in [0.4, 0.5) is 0 Å². The van der Waals surface area contributed by atoms with Crippen LogP contribution in [0.15, 0.2) is 35.1 Å². The first-order chi connectivity index (χ1) is 13.1. The quantitative estimate of drug-likeness (QED) is 0.771.